The van der Waals surface area contributed by atoms with E-state index in [1.54, 1.807) is 24.8 Å². The molecular formula is C23H28N6O3S. The van der Waals surface area contributed by atoms with Gasteiger partial charge in [-0.15, -0.1) is 10.2 Å². The minimum absolute atomic E-state index is 0.106. The molecule has 0 spiro atoms. The molecule has 9 nitrogen and oxygen atoms in total. The highest BCUT2D eigenvalue weighted by Crippen LogP contribution is 2.44. The average Bonchev–Trinajstić information content (AvgIpc) is 3.26. The highest BCUT2D eigenvalue weighted by atomic mass is 32.2. The minimum Gasteiger partial charge on any atom is -0.339 e. The molecule has 6 rings (SSSR count). The van der Waals surface area contributed by atoms with Crippen LogP contribution in [0.15, 0.2) is 40.3 Å². The standard InChI is InChI=1S/C23H28N6O3S/c30-33(31,28-18-5-2-6-19(12-18)29-13-24-25-14-29)21-10-9-17(11-20(21)15-7-8-15)22-26-23(32-27-22)16-3-1-4-16/h9-11,13-16,18-19,28H,1-8,12H2. The van der Waals surface area contributed by atoms with E-state index in [9.17, 15) is 8.42 Å². The molecule has 0 saturated heterocycles. The third-order valence-electron chi connectivity index (χ3n) is 7.30. The first-order chi connectivity index (χ1) is 16.1. The maximum absolute atomic E-state index is 13.4. The SMILES string of the molecule is O=S(=O)(NC1CCCC(n2cnnc2)C1)c1ccc(-c2noc(C3CCC3)n2)cc1C1CC1. The Morgan fingerprint density at radius 3 is 2.48 bits per heavy atom. The number of nitrogens with one attached hydrogen (secondary N) is 1. The van der Waals surface area contributed by atoms with Crippen LogP contribution in [-0.4, -0.2) is 39.4 Å². The molecule has 3 aliphatic rings. The Morgan fingerprint density at radius 2 is 1.76 bits per heavy atom. The van der Waals surface area contributed by atoms with E-state index < -0.39 is 10.0 Å². The zero-order valence-electron chi connectivity index (χ0n) is 18.4. The summed E-state index contributed by atoms with van der Waals surface area (Å²) in [6, 6.07) is 5.57. The van der Waals surface area contributed by atoms with Crippen molar-refractivity contribution in [2.75, 3.05) is 0 Å². The third kappa shape index (κ3) is 4.21. The normalized spacial score (nSPS) is 24.0. The van der Waals surface area contributed by atoms with Gasteiger partial charge in [-0.05, 0) is 81.0 Å². The van der Waals surface area contributed by atoms with Gasteiger partial charge in [-0.1, -0.05) is 11.6 Å². The first-order valence-corrected chi connectivity index (χ1v) is 13.4. The van der Waals surface area contributed by atoms with Gasteiger partial charge in [-0.25, -0.2) is 13.1 Å². The molecule has 2 aromatic heterocycles. The molecule has 10 heteroatoms. The van der Waals surface area contributed by atoms with Crippen molar-refractivity contribution in [3.8, 4) is 11.4 Å². The highest BCUT2D eigenvalue weighted by molar-refractivity contribution is 7.89. The van der Waals surface area contributed by atoms with E-state index in [4.69, 9.17) is 4.52 Å². The predicted octanol–water partition coefficient (Wildman–Crippen LogP) is 3.94. The van der Waals surface area contributed by atoms with Crippen LogP contribution in [0.2, 0.25) is 0 Å². The largest absolute Gasteiger partial charge is 0.339 e. The molecule has 2 heterocycles. The molecule has 1 aromatic carbocycles. The zero-order valence-corrected chi connectivity index (χ0v) is 19.2. The first-order valence-electron chi connectivity index (χ1n) is 11.9. The molecule has 0 amide bonds. The van der Waals surface area contributed by atoms with Crippen molar-refractivity contribution in [2.24, 2.45) is 0 Å². The Kier molecular flexibility index (Phi) is 5.29. The minimum atomic E-state index is -3.64. The number of hydrogen-bond acceptors (Lipinski definition) is 7. The Labute approximate surface area is 193 Å². The lowest BCUT2D eigenvalue weighted by Gasteiger charge is -2.30. The van der Waals surface area contributed by atoms with Gasteiger partial charge in [0.2, 0.25) is 21.7 Å². The van der Waals surface area contributed by atoms with Gasteiger partial charge in [-0.3, -0.25) is 0 Å². The second-order valence-corrected chi connectivity index (χ2v) is 11.3. The van der Waals surface area contributed by atoms with Crippen LogP contribution in [0, 0.1) is 0 Å². The van der Waals surface area contributed by atoms with Gasteiger partial charge in [0.15, 0.2) is 0 Å². The maximum Gasteiger partial charge on any atom is 0.241 e. The van der Waals surface area contributed by atoms with E-state index in [1.165, 1.54) is 6.42 Å². The lowest BCUT2D eigenvalue weighted by molar-refractivity contribution is 0.292. The van der Waals surface area contributed by atoms with E-state index in [2.05, 4.69) is 25.1 Å². The van der Waals surface area contributed by atoms with Crippen LogP contribution in [0.4, 0.5) is 0 Å². The summed E-state index contributed by atoms with van der Waals surface area (Å²) < 4.78 is 37.3. The van der Waals surface area contributed by atoms with E-state index >= 15 is 0 Å². The summed E-state index contributed by atoms with van der Waals surface area (Å²) in [4.78, 5) is 4.96. The van der Waals surface area contributed by atoms with Crippen LogP contribution >= 0.6 is 0 Å². The Hall–Kier alpha value is -2.59. The summed E-state index contributed by atoms with van der Waals surface area (Å²) >= 11 is 0. The molecule has 3 fully saturated rings. The number of hydrogen-bond donors (Lipinski definition) is 1. The van der Waals surface area contributed by atoms with Gasteiger partial charge in [0.1, 0.15) is 12.7 Å². The maximum atomic E-state index is 13.4. The summed E-state index contributed by atoms with van der Waals surface area (Å²) in [5.41, 5.74) is 1.68. The predicted molar refractivity (Wildman–Crippen MR) is 120 cm³/mol. The van der Waals surface area contributed by atoms with Crippen molar-refractivity contribution in [3.05, 3.63) is 42.3 Å². The van der Waals surface area contributed by atoms with Crippen LogP contribution in [0.5, 0.6) is 0 Å². The van der Waals surface area contributed by atoms with Crippen molar-refractivity contribution in [1.29, 1.82) is 0 Å². The monoisotopic (exact) mass is 468 g/mol. The van der Waals surface area contributed by atoms with Gasteiger partial charge in [0.25, 0.3) is 0 Å². The first kappa shape index (κ1) is 21.0. The fourth-order valence-corrected chi connectivity index (χ4v) is 6.60. The highest BCUT2D eigenvalue weighted by Gasteiger charge is 2.34. The van der Waals surface area contributed by atoms with Gasteiger partial charge in [0.05, 0.1) is 4.90 Å². The van der Waals surface area contributed by atoms with Crippen LogP contribution in [-0.2, 0) is 10.0 Å². The van der Waals surface area contributed by atoms with Gasteiger partial charge >= 0.3 is 0 Å². The molecule has 33 heavy (non-hydrogen) atoms. The number of nitrogens with zero attached hydrogens (tertiary/aromatic N) is 5. The van der Waals surface area contributed by atoms with Crippen LogP contribution in [0.3, 0.4) is 0 Å². The second kappa shape index (κ2) is 8.32. The van der Waals surface area contributed by atoms with Gasteiger partial charge in [-0.2, -0.15) is 4.98 Å². The topological polar surface area (TPSA) is 116 Å². The van der Waals surface area contributed by atoms with Gasteiger partial charge < -0.3 is 9.09 Å². The Balaban J connectivity index is 1.24. The van der Waals surface area contributed by atoms with Crippen molar-refractivity contribution < 1.29 is 12.9 Å². The number of benzene rings is 1. The van der Waals surface area contributed by atoms with Crippen molar-refractivity contribution in [3.63, 3.8) is 0 Å². The number of sulfonamides is 1. The molecule has 3 aliphatic carbocycles. The third-order valence-corrected chi connectivity index (χ3v) is 8.89. The lowest BCUT2D eigenvalue weighted by Crippen LogP contribution is -2.39. The molecule has 1 N–H and O–H groups in total. The van der Waals surface area contributed by atoms with Crippen LogP contribution in [0.25, 0.3) is 11.4 Å². The van der Waals surface area contributed by atoms with E-state index in [1.807, 2.05) is 10.6 Å². The van der Waals surface area contributed by atoms with E-state index in [0.717, 1.165) is 62.5 Å². The second-order valence-electron chi connectivity index (χ2n) is 9.66. The fourth-order valence-electron chi connectivity index (χ4n) is 5.04. The van der Waals surface area contributed by atoms with Crippen molar-refractivity contribution >= 4 is 10.0 Å². The number of aromatic nitrogens is 5. The summed E-state index contributed by atoms with van der Waals surface area (Å²) in [5.74, 6) is 1.88. The summed E-state index contributed by atoms with van der Waals surface area (Å²) in [7, 11) is -3.64. The van der Waals surface area contributed by atoms with Crippen LogP contribution in [0.1, 0.15) is 87.1 Å². The molecule has 2 atom stereocenters. The summed E-state index contributed by atoms with van der Waals surface area (Å²) in [6.45, 7) is 0. The summed E-state index contributed by atoms with van der Waals surface area (Å²) in [5, 5.41) is 11.9. The van der Waals surface area contributed by atoms with Crippen molar-refractivity contribution in [1.82, 2.24) is 29.6 Å². The smallest absolute Gasteiger partial charge is 0.241 e. The molecule has 3 saturated carbocycles. The molecule has 0 aliphatic heterocycles. The molecule has 174 valence electrons. The molecule has 2 unspecified atom stereocenters. The lowest BCUT2D eigenvalue weighted by atomic mass is 9.85. The Morgan fingerprint density at radius 1 is 0.970 bits per heavy atom. The zero-order chi connectivity index (χ0) is 22.4. The fraction of sp³-hybridized carbons (Fsp3) is 0.565. The number of rotatable bonds is 7. The molecule has 0 radical (unpaired) electrons. The quantitative estimate of drug-likeness (QED) is 0.558. The van der Waals surface area contributed by atoms with E-state index in [-0.39, 0.29) is 18.0 Å². The summed E-state index contributed by atoms with van der Waals surface area (Å²) in [6.07, 6.45) is 12.4. The molecule has 3 aromatic rings. The van der Waals surface area contributed by atoms with E-state index in [0.29, 0.717) is 22.5 Å². The van der Waals surface area contributed by atoms with Gasteiger partial charge in [0, 0.05) is 23.6 Å². The Bertz CT molecular complexity index is 1230. The average molecular weight is 469 g/mol. The van der Waals surface area contributed by atoms with Crippen LogP contribution < -0.4 is 4.72 Å². The molecular weight excluding hydrogens is 440 g/mol. The molecule has 0 bridgehead atoms. The van der Waals surface area contributed by atoms with Crippen molar-refractivity contribution in [2.45, 2.75) is 86.6 Å².